The van der Waals surface area contributed by atoms with Crippen LogP contribution in [-0.4, -0.2) is 48.1 Å². The summed E-state index contributed by atoms with van der Waals surface area (Å²) in [5, 5.41) is 9.46. The van der Waals surface area contributed by atoms with Crippen molar-refractivity contribution in [3.05, 3.63) is 71.8 Å². The van der Waals surface area contributed by atoms with Crippen LogP contribution in [0.1, 0.15) is 20.7 Å². The summed E-state index contributed by atoms with van der Waals surface area (Å²) < 4.78 is 43.0. The lowest BCUT2D eigenvalue weighted by Crippen LogP contribution is -2.44. The number of alkyl halides is 2. The molecule has 1 heterocycles. The van der Waals surface area contributed by atoms with Crippen LogP contribution in [0.4, 0.5) is 8.78 Å². The second kappa shape index (κ2) is 7.81. The van der Waals surface area contributed by atoms with E-state index in [2.05, 4.69) is 0 Å². The summed E-state index contributed by atoms with van der Waals surface area (Å²) in [6, 6.07) is 15.5. The molecule has 2 aromatic carbocycles. The van der Waals surface area contributed by atoms with Gasteiger partial charge in [0.2, 0.25) is 6.29 Å². The van der Waals surface area contributed by atoms with Gasteiger partial charge in [-0.25, -0.2) is 9.59 Å². The van der Waals surface area contributed by atoms with Crippen LogP contribution in [-0.2, 0) is 14.2 Å². The first-order chi connectivity index (χ1) is 12.9. The van der Waals surface area contributed by atoms with E-state index in [1.165, 1.54) is 24.3 Å². The molecule has 6 nitrogen and oxygen atoms in total. The Hall–Kier alpha value is -2.84. The first-order valence-electron chi connectivity index (χ1n) is 8.09. The molecule has 1 N–H and O–H groups in total. The van der Waals surface area contributed by atoms with Crippen LogP contribution in [0.3, 0.4) is 0 Å². The van der Waals surface area contributed by atoms with Crippen LogP contribution < -0.4 is 0 Å². The summed E-state index contributed by atoms with van der Waals surface area (Å²) in [6.45, 7) is -0.618. The van der Waals surface area contributed by atoms with E-state index in [1.807, 2.05) is 0 Å². The first kappa shape index (κ1) is 18.9. The van der Waals surface area contributed by atoms with Crippen LogP contribution in [0.2, 0.25) is 0 Å². The van der Waals surface area contributed by atoms with Crippen molar-refractivity contribution in [2.24, 2.45) is 0 Å². The van der Waals surface area contributed by atoms with Gasteiger partial charge in [-0.2, -0.15) is 8.78 Å². The van der Waals surface area contributed by atoms with Gasteiger partial charge < -0.3 is 19.3 Å². The van der Waals surface area contributed by atoms with Crippen molar-refractivity contribution in [1.29, 1.82) is 0 Å². The zero-order valence-corrected chi connectivity index (χ0v) is 14.0. The number of carbonyl (C=O) groups excluding carboxylic acids is 2. The third-order valence-electron chi connectivity index (χ3n) is 3.98. The zero-order chi connectivity index (χ0) is 19.4. The molecule has 27 heavy (non-hydrogen) atoms. The van der Waals surface area contributed by atoms with E-state index >= 15 is 0 Å². The fourth-order valence-electron chi connectivity index (χ4n) is 2.57. The molecule has 1 unspecified atom stereocenters. The first-order valence-corrected chi connectivity index (χ1v) is 8.09. The molecule has 8 heteroatoms. The number of hydrogen-bond donors (Lipinski definition) is 1. The highest BCUT2D eigenvalue weighted by atomic mass is 19.3. The van der Waals surface area contributed by atoms with E-state index in [1.54, 1.807) is 36.4 Å². The maximum Gasteiger partial charge on any atom is 0.338 e. The van der Waals surface area contributed by atoms with Crippen LogP contribution in [0, 0.1) is 0 Å². The number of hydrogen-bond acceptors (Lipinski definition) is 6. The summed E-state index contributed by atoms with van der Waals surface area (Å²) in [5.74, 6) is -5.61. The Bertz CT molecular complexity index is 796. The number of aliphatic hydroxyl groups excluding tert-OH is 1. The minimum atomic E-state index is -3.85. The van der Waals surface area contributed by atoms with Crippen LogP contribution in [0.5, 0.6) is 0 Å². The van der Waals surface area contributed by atoms with Gasteiger partial charge in [-0.05, 0) is 24.3 Å². The molecule has 142 valence electrons. The Balaban J connectivity index is 1.69. The van der Waals surface area contributed by atoms with Crippen molar-refractivity contribution < 1.29 is 37.7 Å². The second-order valence-corrected chi connectivity index (χ2v) is 5.86. The van der Waals surface area contributed by atoms with Crippen molar-refractivity contribution in [2.45, 2.75) is 24.4 Å². The third kappa shape index (κ3) is 4.12. The number of halogens is 2. The van der Waals surface area contributed by atoms with Crippen molar-refractivity contribution in [2.75, 3.05) is 6.61 Å². The van der Waals surface area contributed by atoms with Crippen LogP contribution in [0.25, 0.3) is 0 Å². The molecule has 0 radical (unpaired) electrons. The smallest absolute Gasteiger partial charge is 0.338 e. The fraction of sp³-hybridized carbons (Fsp3) is 0.263. The number of esters is 2. The highest BCUT2D eigenvalue weighted by Gasteiger charge is 2.61. The monoisotopic (exact) mass is 378 g/mol. The molecule has 0 aromatic heterocycles. The molecule has 1 fully saturated rings. The molecular weight excluding hydrogens is 362 g/mol. The molecule has 0 bridgehead atoms. The van der Waals surface area contributed by atoms with Gasteiger partial charge in [-0.15, -0.1) is 0 Å². The summed E-state index contributed by atoms with van der Waals surface area (Å²) in [5.41, 5.74) is 0.287. The minimum absolute atomic E-state index is 0.0646. The lowest BCUT2D eigenvalue weighted by atomic mass is 10.1. The largest absolute Gasteiger partial charge is 0.459 e. The molecular formula is C19H16F2O6. The van der Waals surface area contributed by atoms with Crippen molar-refractivity contribution in [3.8, 4) is 0 Å². The van der Waals surface area contributed by atoms with E-state index in [0.717, 1.165) is 0 Å². The van der Waals surface area contributed by atoms with Crippen LogP contribution in [0.15, 0.2) is 60.7 Å². The Morgan fingerprint density at radius 2 is 1.48 bits per heavy atom. The van der Waals surface area contributed by atoms with E-state index in [4.69, 9.17) is 14.2 Å². The number of benzene rings is 2. The van der Waals surface area contributed by atoms with Gasteiger partial charge in [0.25, 0.3) is 0 Å². The average Bonchev–Trinajstić information content (AvgIpc) is 2.90. The number of ether oxygens (including phenoxy) is 3. The number of carbonyl (C=O) groups is 2. The number of rotatable bonds is 5. The molecule has 1 aliphatic heterocycles. The van der Waals surface area contributed by atoms with E-state index in [9.17, 15) is 23.5 Å². The van der Waals surface area contributed by atoms with Gasteiger partial charge in [-0.3, -0.25) is 0 Å². The lowest BCUT2D eigenvalue weighted by Gasteiger charge is -2.22. The maximum atomic E-state index is 14.2. The summed E-state index contributed by atoms with van der Waals surface area (Å²) in [4.78, 5) is 24.1. The SMILES string of the molecule is O=C(OC[C@H]1OC(O)C(F)(F)[C@@H]1OC(=O)c1ccccc1)c1ccccc1. The quantitative estimate of drug-likeness (QED) is 0.805. The summed E-state index contributed by atoms with van der Waals surface area (Å²) in [7, 11) is 0. The molecule has 1 saturated heterocycles. The van der Waals surface area contributed by atoms with E-state index in [-0.39, 0.29) is 11.1 Å². The standard InChI is InChI=1S/C19H16F2O6/c20-19(21)15(27-17(23)13-9-5-2-6-10-13)14(26-18(19)24)11-25-16(22)12-7-3-1-4-8-12/h1-10,14-15,18,24H,11H2/t14-,15-,18?/m1/s1. The Morgan fingerprint density at radius 1 is 0.963 bits per heavy atom. The van der Waals surface area contributed by atoms with Gasteiger partial charge in [-0.1, -0.05) is 36.4 Å². The molecule has 3 atom stereocenters. The predicted octanol–water partition coefficient (Wildman–Crippen LogP) is 2.42. The van der Waals surface area contributed by atoms with Crippen molar-refractivity contribution in [1.82, 2.24) is 0 Å². The molecule has 0 spiro atoms. The van der Waals surface area contributed by atoms with Gasteiger partial charge in [0.05, 0.1) is 11.1 Å². The van der Waals surface area contributed by atoms with Gasteiger partial charge in [0, 0.05) is 0 Å². The average molecular weight is 378 g/mol. The van der Waals surface area contributed by atoms with Crippen molar-refractivity contribution >= 4 is 11.9 Å². The molecule has 1 aliphatic rings. The van der Waals surface area contributed by atoms with E-state index < -0.39 is 43.0 Å². The number of aliphatic hydroxyl groups is 1. The normalized spacial score (nSPS) is 23.6. The van der Waals surface area contributed by atoms with Crippen LogP contribution >= 0.6 is 0 Å². The fourth-order valence-corrected chi connectivity index (χ4v) is 2.57. The molecule has 3 rings (SSSR count). The topological polar surface area (TPSA) is 82.1 Å². The zero-order valence-electron chi connectivity index (χ0n) is 14.0. The predicted molar refractivity (Wildman–Crippen MR) is 88.2 cm³/mol. The van der Waals surface area contributed by atoms with Gasteiger partial charge in [0.15, 0.2) is 6.10 Å². The lowest BCUT2D eigenvalue weighted by molar-refractivity contribution is -0.199. The van der Waals surface area contributed by atoms with Gasteiger partial charge >= 0.3 is 17.9 Å². The molecule has 2 aromatic rings. The molecule has 0 amide bonds. The molecule has 0 saturated carbocycles. The maximum absolute atomic E-state index is 14.2. The van der Waals surface area contributed by atoms with Crippen molar-refractivity contribution in [3.63, 3.8) is 0 Å². The highest BCUT2D eigenvalue weighted by Crippen LogP contribution is 2.37. The third-order valence-corrected chi connectivity index (χ3v) is 3.98. The summed E-state index contributed by atoms with van der Waals surface area (Å²) in [6.07, 6.45) is -6.11. The minimum Gasteiger partial charge on any atom is -0.459 e. The molecule has 0 aliphatic carbocycles. The van der Waals surface area contributed by atoms with E-state index in [0.29, 0.717) is 0 Å². The highest BCUT2D eigenvalue weighted by molar-refractivity contribution is 5.90. The Kier molecular flexibility index (Phi) is 5.48. The Morgan fingerprint density at radius 3 is 2.04 bits per heavy atom. The summed E-state index contributed by atoms with van der Waals surface area (Å²) >= 11 is 0. The van der Waals surface area contributed by atoms with Gasteiger partial charge in [0.1, 0.15) is 12.7 Å². The Labute approximate surface area is 153 Å². The second-order valence-electron chi connectivity index (χ2n) is 5.86.